The van der Waals surface area contributed by atoms with E-state index in [1.54, 1.807) is 45.6 Å². The molecule has 1 aromatic heterocycles. The number of carbonyl (C=O) groups excluding carboxylic acids is 2. The number of carbonyl (C=O) groups is 2. The molecule has 0 spiro atoms. The molecule has 0 aliphatic carbocycles. The molecule has 1 atom stereocenters. The van der Waals surface area contributed by atoms with Gasteiger partial charge >= 0.3 is 0 Å². The standard InChI is InChI=1S/C30H31N3O6S2/c1-6-27(29(35)33-30-32-22(17-40-30)18-10-12-23(36-2)25(14-18)38-4)41-21-9-7-8-20(16-21)31-28(34)19-11-13-24(37-3)26(15-19)39-5/h7-17,27H,6H2,1-5H3,(H,31,34)(H,32,33,35). The first-order valence-corrected chi connectivity index (χ1v) is 14.4. The van der Waals surface area contributed by atoms with Crippen LogP contribution in [0.1, 0.15) is 23.7 Å². The van der Waals surface area contributed by atoms with Crippen molar-refractivity contribution in [3.63, 3.8) is 0 Å². The normalized spacial score (nSPS) is 11.3. The number of methoxy groups -OCH3 is 4. The quantitative estimate of drug-likeness (QED) is 0.177. The third-order valence-corrected chi connectivity index (χ3v) is 8.21. The van der Waals surface area contributed by atoms with E-state index in [0.717, 1.165) is 16.2 Å². The summed E-state index contributed by atoms with van der Waals surface area (Å²) in [5, 5.41) is 7.88. The average molecular weight is 594 g/mol. The highest BCUT2D eigenvalue weighted by atomic mass is 32.2. The van der Waals surface area contributed by atoms with Gasteiger partial charge < -0.3 is 29.6 Å². The van der Waals surface area contributed by atoms with Crippen molar-refractivity contribution in [2.45, 2.75) is 23.5 Å². The maximum absolute atomic E-state index is 13.1. The van der Waals surface area contributed by atoms with Gasteiger partial charge in [0, 0.05) is 27.1 Å². The molecule has 3 aromatic carbocycles. The SMILES string of the molecule is CCC(Sc1cccc(NC(=O)c2ccc(OC)c(OC)c2)c1)C(=O)Nc1nc(-c2ccc(OC)c(OC)c2)cs1. The summed E-state index contributed by atoms with van der Waals surface area (Å²) < 4.78 is 21.2. The fourth-order valence-corrected chi connectivity index (χ4v) is 5.70. The number of hydrogen-bond acceptors (Lipinski definition) is 9. The van der Waals surface area contributed by atoms with Crippen LogP contribution in [0.4, 0.5) is 10.8 Å². The largest absolute Gasteiger partial charge is 0.493 e. The van der Waals surface area contributed by atoms with Crippen LogP contribution in [0.25, 0.3) is 11.3 Å². The number of amides is 2. The zero-order valence-electron chi connectivity index (χ0n) is 23.3. The van der Waals surface area contributed by atoms with Gasteiger partial charge in [-0.2, -0.15) is 0 Å². The van der Waals surface area contributed by atoms with Crippen LogP contribution in [0.2, 0.25) is 0 Å². The molecule has 9 nitrogen and oxygen atoms in total. The number of hydrogen-bond donors (Lipinski definition) is 2. The first-order chi connectivity index (χ1) is 19.9. The van der Waals surface area contributed by atoms with Gasteiger partial charge in [-0.3, -0.25) is 9.59 Å². The molecule has 4 aromatic rings. The summed E-state index contributed by atoms with van der Waals surface area (Å²) in [5.41, 5.74) is 2.63. The van der Waals surface area contributed by atoms with Gasteiger partial charge in [-0.05, 0) is 61.0 Å². The highest BCUT2D eigenvalue weighted by Crippen LogP contribution is 2.34. The topological polar surface area (TPSA) is 108 Å². The Morgan fingerprint density at radius 1 is 0.854 bits per heavy atom. The number of thioether (sulfide) groups is 1. The van der Waals surface area contributed by atoms with Crippen molar-refractivity contribution in [2.75, 3.05) is 39.1 Å². The Morgan fingerprint density at radius 3 is 2.22 bits per heavy atom. The van der Waals surface area contributed by atoms with E-state index in [1.165, 1.54) is 30.2 Å². The van der Waals surface area contributed by atoms with Crippen molar-refractivity contribution in [1.82, 2.24) is 4.98 Å². The van der Waals surface area contributed by atoms with Crippen molar-refractivity contribution < 1.29 is 28.5 Å². The third-order valence-electron chi connectivity index (χ3n) is 6.09. The zero-order chi connectivity index (χ0) is 29.4. The Labute approximate surface area is 247 Å². The molecule has 0 aliphatic rings. The second kappa shape index (κ2) is 13.9. The molecule has 2 amide bonds. The van der Waals surface area contributed by atoms with E-state index < -0.39 is 0 Å². The number of nitrogens with zero attached hydrogens (tertiary/aromatic N) is 1. The summed E-state index contributed by atoms with van der Waals surface area (Å²) in [6.07, 6.45) is 0.604. The molecule has 2 N–H and O–H groups in total. The minimum absolute atomic E-state index is 0.148. The van der Waals surface area contributed by atoms with E-state index in [1.807, 2.05) is 48.7 Å². The van der Waals surface area contributed by atoms with Crippen LogP contribution in [0, 0.1) is 0 Å². The van der Waals surface area contributed by atoms with Gasteiger partial charge in [0.15, 0.2) is 28.1 Å². The van der Waals surface area contributed by atoms with Crippen LogP contribution in [0.3, 0.4) is 0 Å². The minimum atomic E-state index is -0.361. The monoisotopic (exact) mass is 593 g/mol. The fraction of sp³-hybridized carbons (Fsp3) is 0.233. The Hall–Kier alpha value is -4.22. The van der Waals surface area contributed by atoms with Gasteiger partial charge in [-0.1, -0.05) is 13.0 Å². The van der Waals surface area contributed by atoms with Gasteiger partial charge in [0.1, 0.15) is 0 Å². The maximum Gasteiger partial charge on any atom is 0.255 e. The lowest BCUT2D eigenvalue weighted by atomic mass is 10.1. The van der Waals surface area contributed by atoms with Gasteiger partial charge in [-0.15, -0.1) is 23.1 Å². The summed E-state index contributed by atoms with van der Waals surface area (Å²) >= 11 is 2.78. The Morgan fingerprint density at radius 2 is 1.54 bits per heavy atom. The number of thiazole rings is 1. The number of rotatable bonds is 12. The molecular weight excluding hydrogens is 562 g/mol. The van der Waals surface area contributed by atoms with E-state index in [-0.39, 0.29) is 17.1 Å². The Kier molecular flexibility index (Phi) is 10.1. The van der Waals surface area contributed by atoms with Crippen LogP contribution >= 0.6 is 23.1 Å². The van der Waals surface area contributed by atoms with Gasteiger partial charge in [0.05, 0.1) is 39.4 Å². The molecule has 1 heterocycles. The molecule has 0 saturated heterocycles. The van der Waals surface area contributed by atoms with E-state index in [0.29, 0.717) is 45.8 Å². The number of anilines is 2. The highest BCUT2D eigenvalue weighted by molar-refractivity contribution is 8.00. The Bertz CT molecular complexity index is 1520. The lowest BCUT2D eigenvalue weighted by Crippen LogP contribution is -2.24. The third kappa shape index (κ3) is 7.30. The molecule has 0 aliphatic heterocycles. The summed E-state index contributed by atoms with van der Waals surface area (Å²) in [6.45, 7) is 1.96. The van der Waals surface area contributed by atoms with Gasteiger partial charge in [-0.25, -0.2) is 4.98 Å². The summed E-state index contributed by atoms with van der Waals surface area (Å²) in [4.78, 5) is 31.4. The second-order valence-electron chi connectivity index (χ2n) is 8.66. The first-order valence-electron chi connectivity index (χ1n) is 12.7. The van der Waals surface area contributed by atoms with Crippen molar-refractivity contribution in [3.8, 4) is 34.3 Å². The lowest BCUT2D eigenvalue weighted by Gasteiger charge is -2.15. The number of nitrogens with one attached hydrogen (secondary N) is 2. The number of ether oxygens (including phenoxy) is 4. The van der Waals surface area contributed by atoms with Crippen LogP contribution in [0.5, 0.6) is 23.0 Å². The summed E-state index contributed by atoms with van der Waals surface area (Å²) in [6, 6.07) is 17.9. The molecule has 0 fully saturated rings. The second-order valence-corrected chi connectivity index (χ2v) is 10.8. The molecule has 11 heteroatoms. The number of benzene rings is 3. The Balaban J connectivity index is 1.40. The van der Waals surface area contributed by atoms with Crippen LogP contribution in [0.15, 0.2) is 70.9 Å². The smallest absolute Gasteiger partial charge is 0.255 e. The summed E-state index contributed by atoms with van der Waals surface area (Å²) in [5.74, 6) is 1.82. The molecule has 0 radical (unpaired) electrons. The van der Waals surface area contributed by atoms with Crippen LogP contribution < -0.4 is 29.6 Å². The van der Waals surface area contributed by atoms with E-state index >= 15 is 0 Å². The van der Waals surface area contributed by atoms with Gasteiger partial charge in [0.25, 0.3) is 5.91 Å². The van der Waals surface area contributed by atoms with Gasteiger partial charge in [0.2, 0.25) is 5.91 Å². The van der Waals surface area contributed by atoms with E-state index in [9.17, 15) is 9.59 Å². The molecule has 214 valence electrons. The molecular formula is C30H31N3O6S2. The zero-order valence-corrected chi connectivity index (χ0v) is 25.0. The predicted molar refractivity (Wildman–Crippen MR) is 163 cm³/mol. The molecule has 1 unspecified atom stereocenters. The van der Waals surface area contributed by atoms with Crippen molar-refractivity contribution in [3.05, 3.63) is 71.6 Å². The van der Waals surface area contributed by atoms with Crippen molar-refractivity contribution >= 4 is 45.7 Å². The summed E-state index contributed by atoms with van der Waals surface area (Å²) in [7, 11) is 6.23. The average Bonchev–Trinajstić information content (AvgIpc) is 3.47. The van der Waals surface area contributed by atoms with Crippen LogP contribution in [-0.2, 0) is 4.79 Å². The highest BCUT2D eigenvalue weighted by Gasteiger charge is 2.20. The maximum atomic E-state index is 13.1. The minimum Gasteiger partial charge on any atom is -0.493 e. The van der Waals surface area contributed by atoms with Crippen LogP contribution in [-0.4, -0.2) is 50.5 Å². The molecule has 0 saturated carbocycles. The number of aromatic nitrogens is 1. The first kappa shape index (κ1) is 29.8. The van der Waals surface area contributed by atoms with E-state index in [2.05, 4.69) is 15.6 Å². The van der Waals surface area contributed by atoms with Crippen molar-refractivity contribution in [1.29, 1.82) is 0 Å². The fourth-order valence-electron chi connectivity index (χ4n) is 3.96. The molecule has 0 bridgehead atoms. The molecule has 41 heavy (non-hydrogen) atoms. The molecule has 4 rings (SSSR count). The predicted octanol–water partition coefficient (Wildman–Crippen LogP) is 6.61. The van der Waals surface area contributed by atoms with Crippen molar-refractivity contribution in [2.24, 2.45) is 0 Å². The lowest BCUT2D eigenvalue weighted by molar-refractivity contribution is -0.115. The van der Waals surface area contributed by atoms with E-state index in [4.69, 9.17) is 18.9 Å².